The number of aliphatic hydroxyl groups is 1. The summed E-state index contributed by atoms with van der Waals surface area (Å²) in [6.45, 7) is 3.67. The van der Waals surface area contributed by atoms with Gasteiger partial charge in [-0.25, -0.2) is 0 Å². The molecular weight excluding hydrogens is 246 g/mol. The van der Waals surface area contributed by atoms with Crippen LogP contribution in [0.1, 0.15) is 5.56 Å². The van der Waals surface area contributed by atoms with Crippen molar-refractivity contribution < 1.29 is 9.90 Å². The fourth-order valence-corrected chi connectivity index (χ4v) is 2.31. The lowest BCUT2D eigenvalue weighted by Gasteiger charge is -2.34. The minimum Gasteiger partial charge on any atom is -0.394 e. The average molecular weight is 267 g/mol. The van der Waals surface area contributed by atoms with Crippen molar-refractivity contribution in [2.75, 3.05) is 33.3 Å². The Kier molecular flexibility index (Phi) is 4.89. The van der Waals surface area contributed by atoms with Crippen molar-refractivity contribution in [1.82, 2.24) is 25.3 Å². The van der Waals surface area contributed by atoms with Crippen LogP contribution in [0, 0.1) is 0 Å². The van der Waals surface area contributed by atoms with E-state index >= 15 is 0 Å². The molecule has 1 aliphatic heterocycles. The number of aromatic nitrogens is 2. The zero-order valence-corrected chi connectivity index (χ0v) is 11.2. The Morgan fingerprint density at radius 1 is 1.68 bits per heavy atom. The van der Waals surface area contributed by atoms with Crippen LogP contribution in [0.3, 0.4) is 0 Å². The molecule has 19 heavy (non-hydrogen) atoms. The smallest absolute Gasteiger partial charge is 0.238 e. The molecule has 0 spiro atoms. The van der Waals surface area contributed by atoms with Crippen molar-refractivity contribution in [2.45, 2.75) is 19.1 Å². The van der Waals surface area contributed by atoms with Gasteiger partial charge in [-0.05, 0) is 0 Å². The first-order valence-electron chi connectivity index (χ1n) is 6.53. The number of carbonyl (C=O) groups excluding carboxylic acids is 1. The van der Waals surface area contributed by atoms with Crippen molar-refractivity contribution in [3.63, 3.8) is 0 Å². The molecule has 0 aromatic carbocycles. The maximum absolute atomic E-state index is 11.8. The fraction of sp³-hybridized carbons (Fsp3) is 0.667. The van der Waals surface area contributed by atoms with E-state index in [1.54, 1.807) is 17.9 Å². The molecule has 1 aliphatic rings. The summed E-state index contributed by atoms with van der Waals surface area (Å²) in [6, 6.07) is -0.139. The highest BCUT2D eigenvalue weighted by atomic mass is 16.3. The van der Waals surface area contributed by atoms with E-state index in [-0.39, 0.29) is 18.6 Å². The Hall–Kier alpha value is -1.44. The first-order chi connectivity index (χ1) is 9.24. The molecular formula is C12H21N5O2. The van der Waals surface area contributed by atoms with E-state index < -0.39 is 0 Å². The molecule has 1 fully saturated rings. The predicted molar refractivity (Wildman–Crippen MR) is 70.4 cm³/mol. The molecule has 1 aromatic rings. The molecule has 2 heterocycles. The zero-order chi connectivity index (χ0) is 13.7. The molecule has 7 heteroatoms. The molecule has 1 aromatic heterocycles. The summed E-state index contributed by atoms with van der Waals surface area (Å²) in [5, 5.41) is 19.0. The Bertz CT molecular complexity index is 420. The van der Waals surface area contributed by atoms with Gasteiger partial charge in [0.2, 0.25) is 5.91 Å². The number of amides is 1. The molecule has 1 amide bonds. The van der Waals surface area contributed by atoms with Crippen molar-refractivity contribution >= 4 is 5.91 Å². The third-order valence-electron chi connectivity index (χ3n) is 3.30. The molecule has 7 nitrogen and oxygen atoms in total. The van der Waals surface area contributed by atoms with Gasteiger partial charge in [0.15, 0.2) is 0 Å². The van der Waals surface area contributed by atoms with Crippen LogP contribution in [-0.2, 0) is 17.9 Å². The largest absolute Gasteiger partial charge is 0.394 e. The van der Waals surface area contributed by atoms with Crippen LogP contribution >= 0.6 is 0 Å². The van der Waals surface area contributed by atoms with Gasteiger partial charge >= 0.3 is 0 Å². The van der Waals surface area contributed by atoms with Crippen LogP contribution in [0.5, 0.6) is 0 Å². The highest BCUT2D eigenvalue weighted by Crippen LogP contribution is 2.10. The predicted octanol–water partition coefficient (Wildman–Crippen LogP) is -1.60. The van der Waals surface area contributed by atoms with E-state index in [9.17, 15) is 4.79 Å². The highest BCUT2D eigenvalue weighted by molar-refractivity contribution is 5.81. The van der Waals surface area contributed by atoms with Crippen molar-refractivity contribution in [3.05, 3.63) is 18.0 Å². The third-order valence-corrected chi connectivity index (χ3v) is 3.30. The van der Waals surface area contributed by atoms with Crippen LogP contribution in [0.15, 0.2) is 12.4 Å². The number of likely N-dealkylation sites (N-methyl/N-ethyl adjacent to an activating group) is 1. The first-order valence-corrected chi connectivity index (χ1v) is 6.53. The van der Waals surface area contributed by atoms with Gasteiger partial charge in [-0.1, -0.05) is 0 Å². The van der Waals surface area contributed by atoms with Gasteiger partial charge < -0.3 is 15.7 Å². The first kappa shape index (κ1) is 14.0. The Balaban J connectivity index is 2.00. The van der Waals surface area contributed by atoms with E-state index in [1.807, 2.05) is 6.20 Å². The van der Waals surface area contributed by atoms with Crippen molar-refractivity contribution in [1.29, 1.82) is 0 Å². The lowest BCUT2D eigenvalue weighted by Crippen LogP contribution is -2.56. The van der Waals surface area contributed by atoms with E-state index in [4.69, 9.17) is 5.11 Å². The monoisotopic (exact) mass is 267 g/mol. The van der Waals surface area contributed by atoms with E-state index in [0.29, 0.717) is 19.6 Å². The summed E-state index contributed by atoms with van der Waals surface area (Å²) in [4.78, 5) is 14.0. The van der Waals surface area contributed by atoms with Gasteiger partial charge in [0.25, 0.3) is 0 Å². The van der Waals surface area contributed by atoms with Gasteiger partial charge in [-0.3, -0.25) is 14.4 Å². The third kappa shape index (κ3) is 3.52. The van der Waals surface area contributed by atoms with Crippen LogP contribution in [0.25, 0.3) is 0 Å². The normalized spacial score (nSPS) is 20.4. The molecule has 1 atom stereocenters. The second-order valence-electron chi connectivity index (χ2n) is 4.64. The fourth-order valence-electron chi connectivity index (χ4n) is 2.31. The number of hydrogen-bond donors (Lipinski definition) is 3. The lowest BCUT2D eigenvalue weighted by molar-refractivity contribution is -0.126. The highest BCUT2D eigenvalue weighted by Gasteiger charge is 2.27. The number of carbonyl (C=O) groups is 1. The Morgan fingerprint density at radius 3 is 3.26 bits per heavy atom. The quantitative estimate of drug-likeness (QED) is 0.598. The standard InChI is InChI=1S/C12H21N5O2/c1-13-12(19)11-7-14-2-3-16(11)8-10-6-15-17(9-10)4-5-18/h6,9,11,14,18H,2-5,7-8H2,1H3,(H,13,19). The molecule has 2 rings (SSSR count). The zero-order valence-electron chi connectivity index (χ0n) is 11.2. The van der Waals surface area contributed by atoms with E-state index in [2.05, 4.69) is 20.6 Å². The number of aliphatic hydroxyl groups excluding tert-OH is 1. The number of nitrogens with one attached hydrogen (secondary N) is 2. The minimum absolute atomic E-state index is 0.0370. The number of hydrogen-bond acceptors (Lipinski definition) is 5. The van der Waals surface area contributed by atoms with E-state index in [0.717, 1.165) is 18.7 Å². The number of piperazine rings is 1. The van der Waals surface area contributed by atoms with Crippen LogP contribution in [0.4, 0.5) is 0 Å². The summed E-state index contributed by atoms with van der Waals surface area (Å²) in [7, 11) is 1.66. The van der Waals surface area contributed by atoms with Crippen molar-refractivity contribution in [2.24, 2.45) is 0 Å². The number of rotatable bonds is 5. The average Bonchev–Trinajstić information content (AvgIpc) is 2.86. The Labute approximate surface area is 112 Å². The van der Waals surface area contributed by atoms with E-state index in [1.165, 1.54) is 0 Å². The second kappa shape index (κ2) is 6.65. The topological polar surface area (TPSA) is 82.4 Å². The van der Waals surface area contributed by atoms with Gasteiger partial charge in [0, 0.05) is 45.0 Å². The molecule has 0 saturated carbocycles. The second-order valence-corrected chi connectivity index (χ2v) is 4.64. The molecule has 0 radical (unpaired) electrons. The molecule has 0 bridgehead atoms. The van der Waals surface area contributed by atoms with Crippen molar-refractivity contribution in [3.8, 4) is 0 Å². The summed E-state index contributed by atoms with van der Waals surface area (Å²) in [5.74, 6) is 0.0370. The van der Waals surface area contributed by atoms with Gasteiger partial charge in [0.1, 0.15) is 6.04 Å². The maximum atomic E-state index is 11.8. The van der Waals surface area contributed by atoms with Crippen LogP contribution < -0.4 is 10.6 Å². The number of nitrogens with zero attached hydrogens (tertiary/aromatic N) is 3. The molecule has 1 unspecified atom stereocenters. The molecule has 1 saturated heterocycles. The Morgan fingerprint density at radius 2 is 2.53 bits per heavy atom. The summed E-state index contributed by atoms with van der Waals surface area (Å²) < 4.78 is 1.71. The van der Waals surface area contributed by atoms with Crippen LogP contribution in [-0.4, -0.2) is 65.0 Å². The minimum atomic E-state index is -0.139. The molecule has 3 N–H and O–H groups in total. The lowest BCUT2D eigenvalue weighted by atomic mass is 10.1. The SMILES string of the molecule is CNC(=O)C1CNCCN1Cc1cnn(CCO)c1. The van der Waals surface area contributed by atoms with Gasteiger partial charge in [0.05, 0.1) is 19.3 Å². The van der Waals surface area contributed by atoms with Gasteiger partial charge in [-0.2, -0.15) is 5.10 Å². The summed E-state index contributed by atoms with van der Waals surface area (Å²) in [5.41, 5.74) is 1.06. The molecule has 0 aliphatic carbocycles. The summed E-state index contributed by atoms with van der Waals surface area (Å²) >= 11 is 0. The summed E-state index contributed by atoms with van der Waals surface area (Å²) in [6.07, 6.45) is 3.71. The molecule has 106 valence electrons. The van der Waals surface area contributed by atoms with Crippen LogP contribution in [0.2, 0.25) is 0 Å². The maximum Gasteiger partial charge on any atom is 0.238 e. The van der Waals surface area contributed by atoms with Gasteiger partial charge in [-0.15, -0.1) is 0 Å².